The minimum absolute atomic E-state index is 0.106. The summed E-state index contributed by atoms with van der Waals surface area (Å²) >= 11 is 0. The smallest absolute Gasteiger partial charge is 0.240 e. The zero-order chi connectivity index (χ0) is 17.6. The summed E-state index contributed by atoms with van der Waals surface area (Å²) in [6.07, 6.45) is 1.83. The monoisotopic (exact) mass is 338 g/mol. The van der Waals surface area contributed by atoms with Crippen molar-refractivity contribution in [2.75, 3.05) is 7.11 Å². The molecule has 1 heterocycles. The van der Waals surface area contributed by atoms with Crippen molar-refractivity contribution in [2.24, 2.45) is 11.0 Å². The van der Waals surface area contributed by atoms with E-state index in [2.05, 4.69) is 11.2 Å². The van der Waals surface area contributed by atoms with Crippen LogP contribution in [0, 0.1) is 11.7 Å². The molecule has 5 heteroatoms. The molecule has 0 spiro atoms. The lowest BCUT2D eigenvalue weighted by Gasteiger charge is -2.29. The first-order chi connectivity index (χ1) is 12.1. The van der Waals surface area contributed by atoms with Crippen LogP contribution in [0.1, 0.15) is 36.1 Å². The molecule has 4 rings (SSSR count). The number of nitrogens with zero attached hydrogens (tertiary/aromatic N) is 2. The molecule has 1 aliphatic carbocycles. The number of hydrazone groups is 1. The van der Waals surface area contributed by atoms with Crippen molar-refractivity contribution in [1.82, 2.24) is 5.01 Å². The SMILES string of the molecule is COc1ccc2c(c1)C1=NN(C(C)=O)[C@@H](c3ccc(F)cc3)[C@@H]1CC2. The van der Waals surface area contributed by atoms with Crippen LogP contribution >= 0.6 is 0 Å². The Morgan fingerprint density at radius 2 is 2.00 bits per heavy atom. The van der Waals surface area contributed by atoms with Gasteiger partial charge in [0.1, 0.15) is 11.6 Å². The number of amides is 1. The van der Waals surface area contributed by atoms with Crippen molar-refractivity contribution in [2.45, 2.75) is 25.8 Å². The van der Waals surface area contributed by atoms with Gasteiger partial charge in [-0.3, -0.25) is 4.79 Å². The van der Waals surface area contributed by atoms with Crippen molar-refractivity contribution in [3.8, 4) is 5.75 Å². The number of carbonyl (C=O) groups excluding carboxylic acids is 1. The van der Waals surface area contributed by atoms with Gasteiger partial charge in [0, 0.05) is 18.4 Å². The van der Waals surface area contributed by atoms with Gasteiger partial charge in [0.25, 0.3) is 0 Å². The number of hydrogen-bond acceptors (Lipinski definition) is 3. The van der Waals surface area contributed by atoms with E-state index in [-0.39, 0.29) is 23.7 Å². The molecule has 0 unspecified atom stereocenters. The van der Waals surface area contributed by atoms with Gasteiger partial charge in [0.15, 0.2) is 0 Å². The number of rotatable bonds is 2. The number of carbonyl (C=O) groups is 1. The summed E-state index contributed by atoms with van der Waals surface area (Å²) in [6.45, 7) is 1.52. The van der Waals surface area contributed by atoms with E-state index < -0.39 is 0 Å². The highest BCUT2D eigenvalue weighted by molar-refractivity contribution is 6.07. The molecule has 0 fully saturated rings. The lowest BCUT2D eigenvalue weighted by atomic mass is 9.77. The molecule has 0 saturated heterocycles. The number of halogens is 1. The second kappa shape index (κ2) is 5.99. The Hall–Kier alpha value is -2.69. The van der Waals surface area contributed by atoms with Crippen LogP contribution in [-0.2, 0) is 11.2 Å². The number of hydrogen-bond donors (Lipinski definition) is 0. The maximum atomic E-state index is 13.3. The molecule has 0 aromatic heterocycles. The Labute approximate surface area is 145 Å². The van der Waals surface area contributed by atoms with Crippen LogP contribution in [0.5, 0.6) is 5.75 Å². The van der Waals surface area contributed by atoms with Gasteiger partial charge in [0.2, 0.25) is 5.91 Å². The standard InChI is InChI=1S/C20H19FN2O2/c1-12(24)23-20(14-3-7-15(21)8-4-14)17-10-6-13-5-9-16(25-2)11-18(13)19(17)22-23/h3-5,7-9,11,17,20H,6,10H2,1-2H3/t17-,20+/m1/s1. The molecule has 0 N–H and O–H groups in total. The molecule has 1 amide bonds. The van der Waals surface area contributed by atoms with E-state index in [1.165, 1.54) is 24.6 Å². The molecular weight excluding hydrogens is 319 g/mol. The lowest BCUT2D eigenvalue weighted by Crippen LogP contribution is -2.31. The number of methoxy groups -OCH3 is 1. The van der Waals surface area contributed by atoms with E-state index >= 15 is 0 Å². The molecule has 2 atom stereocenters. The number of fused-ring (bicyclic) bond motifs is 3. The minimum atomic E-state index is -0.281. The van der Waals surface area contributed by atoms with E-state index in [1.807, 2.05) is 12.1 Å². The van der Waals surface area contributed by atoms with Gasteiger partial charge >= 0.3 is 0 Å². The topological polar surface area (TPSA) is 41.9 Å². The van der Waals surface area contributed by atoms with Gasteiger partial charge in [-0.1, -0.05) is 18.2 Å². The summed E-state index contributed by atoms with van der Waals surface area (Å²) in [6, 6.07) is 12.2. The summed E-state index contributed by atoms with van der Waals surface area (Å²) in [4.78, 5) is 12.2. The van der Waals surface area contributed by atoms with Crippen LogP contribution in [0.3, 0.4) is 0 Å². The van der Waals surface area contributed by atoms with Crippen LogP contribution in [0.4, 0.5) is 4.39 Å². The summed E-state index contributed by atoms with van der Waals surface area (Å²) < 4.78 is 18.7. The third kappa shape index (κ3) is 2.60. The average Bonchev–Trinajstić information content (AvgIpc) is 3.02. The summed E-state index contributed by atoms with van der Waals surface area (Å²) in [5.74, 6) is 0.493. The van der Waals surface area contributed by atoms with Gasteiger partial charge in [-0.2, -0.15) is 5.10 Å². The van der Waals surface area contributed by atoms with E-state index in [9.17, 15) is 9.18 Å². The van der Waals surface area contributed by atoms with Crippen LogP contribution in [0.2, 0.25) is 0 Å². The zero-order valence-electron chi connectivity index (χ0n) is 14.2. The van der Waals surface area contributed by atoms with Gasteiger partial charge in [0.05, 0.1) is 18.9 Å². The summed E-state index contributed by atoms with van der Waals surface area (Å²) in [7, 11) is 1.64. The highest BCUT2D eigenvalue weighted by Gasteiger charge is 2.43. The Morgan fingerprint density at radius 1 is 1.24 bits per heavy atom. The second-order valence-corrected chi connectivity index (χ2v) is 6.51. The Kier molecular flexibility index (Phi) is 3.79. The van der Waals surface area contributed by atoms with E-state index in [4.69, 9.17) is 4.74 Å². The fourth-order valence-corrected chi connectivity index (χ4v) is 3.87. The highest BCUT2D eigenvalue weighted by Crippen LogP contribution is 2.43. The zero-order valence-corrected chi connectivity index (χ0v) is 14.2. The van der Waals surface area contributed by atoms with Gasteiger partial charge in [-0.15, -0.1) is 0 Å². The summed E-state index contributed by atoms with van der Waals surface area (Å²) in [5.41, 5.74) is 4.10. The molecule has 0 radical (unpaired) electrons. The van der Waals surface area contributed by atoms with Gasteiger partial charge < -0.3 is 4.74 Å². The van der Waals surface area contributed by atoms with Crippen LogP contribution in [0.25, 0.3) is 0 Å². The Bertz CT molecular complexity index is 860. The van der Waals surface area contributed by atoms with Crippen LogP contribution < -0.4 is 4.74 Å². The number of benzene rings is 2. The predicted molar refractivity (Wildman–Crippen MR) is 93.0 cm³/mol. The van der Waals surface area contributed by atoms with Gasteiger partial charge in [-0.25, -0.2) is 9.40 Å². The first kappa shape index (κ1) is 15.8. The molecule has 0 bridgehead atoms. The first-order valence-corrected chi connectivity index (χ1v) is 8.39. The summed E-state index contributed by atoms with van der Waals surface area (Å²) in [5, 5.41) is 6.20. The number of aryl methyl sites for hydroxylation is 1. The fourth-order valence-electron chi connectivity index (χ4n) is 3.87. The minimum Gasteiger partial charge on any atom is -0.497 e. The van der Waals surface area contributed by atoms with E-state index in [0.29, 0.717) is 0 Å². The highest BCUT2D eigenvalue weighted by atomic mass is 19.1. The van der Waals surface area contributed by atoms with Crippen LogP contribution in [-0.4, -0.2) is 23.7 Å². The van der Waals surface area contributed by atoms with Crippen molar-refractivity contribution < 1.29 is 13.9 Å². The second-order valence-electron chi connectivity index (χ2n) is 6.51. The average molecular weight is 338 g/mol. The lowest BCUT2D eigenvalue weighted by molar-refractivity contribution is -0.131. The van der Waals surface area contributed by atoms with Crippen molar-refractivity contribution >= 4 is 11.6 Å². The predicted octanol–water partition coefficient (Wildman–Crippen LogP) is 3.70. The first-order valence-electron chi connectivity index (χ1n) is 8.39. The molecule has 0 saturated carbocycles. The van der Waals surface area contributed by atoms with E-state index in [1.54, 1.807) is 24.3 Å². The normalized spacial score (nSPS) is 21.4. The van der Waals surface area contributed by atoms with Crippen molar-refractivity contribution in [3.05, 3.63) is 65.0 Å². The molecule has 2 aromatic rings. The molecule has 128 valence electrons. The van der Waals surface area contributed by atoms with Gasteiger partial charge in [-0.05, 0) is 48.2 Å². The maximum Gasteiger partial charge on any atom is 0.240 e. The van der Waals surface area contributed by atoms with Crippen LogP contribution in [0.15, 0.2) is 47.6 Å². The van der Waals surface area contributed by atoms with Crippen molar-refractivity contribution in [1.29, 1.82) is 0 Å². The van der Waals surface area contributed by atoms with Crippen molar-refractivity contribution in [3.63, 3.8) is 0 Å². The molecular formula is C20H19FN2O2. The Balaban J connectivity index is 1.80. The third-order valence-corrected chi connectivity index (χ3v) is 5.06. The van der Waals surface area contributed by atoms with E-state index in [0.717, 1.165) is 35.4 Å². The molecule has 2 aromatic carbocycles. The molecule has 4 nitrogen and oxygen atoms in total. The molecule has 2 aliphatic rings. The quantitative estimate of drug-likeness (QED) is 0.838. The number of ether oxygens (including phenoxy) is 1. The Morgan fingerprint density at radius 3 is 2.68 bits per heavy atom. The largest absolute Gasteiger partial charge is 0.497 e. The molecule has 1 aliphatic heterocycles. The fraction of sp³-hybridized carbons (Fsp3) is 0.300. The third-order valence-electron chi connectivity index (χ3n) is 5.06. The molecule has 25 heavy (non-hydrogen) atoms. The maximum absolute atomic E-state index is 13.3.